The summed E-state index contributed by atoms with van der Waals surface area (Å²) in [4.78, 5) is 25.2. The van der Waals surface area contributed by atoms with Gasteiger partial charge in [0.15, 0.2) is 0 Å². The quantitative estimate of drug-likeness (QED) is 0.552. The topological polar surface area (TPSA) is 105 Å². The van der Waals surface area contributed by atoms with Gasteiger partial charge in [0.2, 0.25) is 0 Å². The summed E-state index contributed by atoms with van der Waals surface area (Å²) in [6.07, 6.45) is -1.10. The van der Waals surface area contributed by atoms with Crippen LogP contribution in [0.1, 0.15) is 12.6 Å². The molecule has 1 saturated heterocycles. The summed E-state index contributed by atoms with van der Waals surface area (Å²) < 4.78 is 6.10. The molecule has 2 rings (SSSR count). The average Bonchev–Trinajstić information content (AvgIpc) is 2.59. The molecule has 0 aliphatic carbocycles. The van der Waals surface area contributed by atoms with Crippen molar-refractivity contribution in [1.82, 2.24) is 9.55 Å². The highest BCUT2D eigenvalue weighted by atomic mass is 16.5. The molecule has 1 aromatic heterocycles. The predicted octanol–water partition coefficient (Wildman–Crippen LogP) is -1.82. The molecule has 1 aromatic rings. The minimum atomic E-state index is -0.874. The molecule has 1 fully saturated rings. The van der Waals surface area contributed by atoms with E-state index in [-0.39, 0.29) is 13.0 Å². The first-order valence-corrected chi connectivity index (χ1v) is 4.88. The van der Waals surface area contributed by atoms with Gasteiger partial charge >= 0.3 is 5.69 Å². The second kappa shape index (κ2) is 4.20. The third-order valence-electron chi connectivity index (χ3n) is 2.56. The Morgan fingerprint density at radius 1 is 1.56 bits per heavy atom. The minimum Gasteiger partial charge on any atom is -0.394 e. The van der Waals surface area contributed by atoms with E-state index in [1.54, 1.807) is 0 Å². The molecule has 1 aliphatic heterocycles. The van der Waals surface area contributed by atoms with Crippen LogP contribution in [-0.4, -0.2) is 38.6 Å². The molecule has 0 bridgehead atoms. The lowest BCUT2D eigenvalue weighted by Crippen LogP contribution is -2.37. The van der Waals surface area contributed by atoms with E-state index in [2.05, 4.69) is 4.98 Å². The Morgan fingerprint density at radius 2 is 2.31 bits per heavy atom. The Bertz CT molecular complexity index is 451. The van der Waals surface area contributed by atoms with Gasteiger partial charge in [0, 0.05) is 18.7 Å². The maximum absolute atomic E-state index is 11.4. The lowest BCUT2D eigenvalue weighted by atomic mass is 10.2. The third-order valence-corrected chi connectivity index (χ3v) is 2.56. The first kappa shape index (κ1) is 11.1. The van der Waals surface area contributed by atoms with E-state index in [1.807, 2.05) is 0 Å². The Labute approximate surface area is 89.9 Å². The van der Waals surface area contributed by atoms with Gasteiger partial charge in [0.25, 0.3) is 5.56 Å². The van der Waals surface area contributed by atoms with Crippen molar-refractivity contribution in [2.75, 3.05) is 6.61 Å². The number of aromatic nitrogens is 2. The summed E-state index contributed by atoms with van der Waals surface area (Å²) in [6, 6.07) is 1.20. The maximum Gasteiger partial charge on any atom is 0.330 e. The molecule has 2 heterocycles. The summed E-state index contributed by atoms with van der Waals surface area (Å²) >= 11 is 0. The maximum atomic E-state index is 11.4. The molecule has 7 nitrogen and oxygen atoms in total. The molecule has 7 heteroatoms. The van der Waals surface area contributed by atoms with E-state index in [1.165, 1.54) is 12.3 Å². The van der Waals surface area contributed by atoms with E-state index >= 15 is 0 Å². The third kappa shape index (κ3) is 1.80. The number of aliphatic hydroxyl groups is 2. The summed E-state index contributed by atoms with van der Waals surface area (Å²) in [5.74, 6) is 0. The normalized spacial score (nSPS) is 29.5. The summed E-state index contributed by atoms with van der Waals surface area (Å²) in [5, 5.41) is 18.4. The largest absolute Gasteiger partial charge is 0.394 e. The number of nitrogens with zero attached hydrogens (tertiary/aromatic N) is 1. The molecule has 0 spiro atoms. The minimum absolute atomic E-state index is 0.109. The van der Waals surface area contributed by atoms with Gasteiger partial charge in [-0.15, -0.1) is 0 Å². The predicted molar refractivity (Wildman–Crippen MR) is 52.9 cm³/mol. The molecule has 1 aliphatic rings. The van der Waals surface area contributed by atoms with Gasteiger partial charge in [-0.1, -0.05) is 0 Å². The van der Waals surface area contributed by atoms with E-state index in [9.17, 15) is 14.7 Å². The van der Waals surface area contributed by atoms with Crippen LogP contribution in [0.5, 0.6) is 0 Å². The van der Waals surface area contributed by atoms with Gasteiger partial charge in [-0.25, -0.2) is 9.36 Å². The highest BCUT2D eigenvalue weighted by molar-refractivity contribution is 4.88. The highest BCUT2D eigenvalue weighted by Gasteiger charge is 2.35. The molecular weight excluding hydrogens is 216 g/mol. The molecule has 3 atom stereocenters. The van der Waals surface area contributed by atoms with E-state index in [0.717, 1.165) is 4.57 Å². The SMILES string of the molecule is O=c1cc[nH]c(=O)n1[C@@H]1C[C@@H](O)[C@@H](CO)O1. The van der Waals surface area contributed by atoms with Crippen LogP contribution in [0, 0.1) is 0 Å². The van der Waals surface area contributed by atoms with Crippen LogP contribution in [0.15, 0.2) is 21.9 Å². The van der Waals surface area contributed by atoms with Gasteiger partial charge in [-0.05, 0) is 0 Å². The van der Waals surface area contributed by atoms with Crippen molar-refractivity contribution < 1.29 is 14.9 Å². The summed E-state index contributed by atoms with van der Waals surface area (Å²) in [5.41, 5.74) is -1.09. The van der Waals surface area contributed by atoms with Crippen LogP contribution < -0.4 is 11.2 Å². The zero-order valence-electron chi connectivity index (χ0n) is 8.37. The van der Waals surface area contributed by atoms with Crippen LogP contribution in [0.2, 0.25) is 0 Å². The van der Waals surface area contributed by atoms with E-state index < -0.39 is 29.7 Å². The fraction of sp³-hybridized carbons (Fsp3) is 0.556. The molecule has 0 amide bonds. The first-order valence-electron chi connectivity index (χ1n) is 4.88. The Balaban J connectivity index is 2.34. The second-order valence-electron chi connectivity index (χ2n) is 3.61. The number of ether oxygens (including phenoxy) is 1. The summed E-state index contributed by atoms with van der Waals surface area (Å²) in [6.45, 7) is -0.350. The van der Waals surface area contributed by atoms with E-state index in [4.69, 9.17) is 9.84 Å². The van der Waals surface area contributed by atoms with Crippen molar-refractivity contribution in [3.05, 3.63) is 33.1 Å². The Hall–Kier alpha value is -1.44. The molecule has 16 heavy (non-hydrogen) atoms. The van der Waals surface area contributed by atoms with Crippen molar-refractivity contribution in [1.29, 1.82) is 0 Å². The number of H-pyrrole nitrogens is 1. The average molecular weight is 228 g/mol. The fourth-order valence-corrected chi connectivity index (χ4v) is 1.74. The Morgan fingerprint density at radius 3 is 2.88 bits per heavy atom. The second-order valence-corrected chi connectivity index (χ2v) is 3.61. The zero-order valence-corrected chi connectivity index (χ0v) is 8.37. The first-order chi connectivity index (χ1) is 7.63. The number of aliphatic hydroxyl groups excluding tert-OH is 2. The van der Waals surface area contributed by atoms with Crippen molar-refractivity contribution in [3.8, 4) is 0 Å². The van der Waals surface area contributed by atoms with Crippen molar-refractivity contribution in [2.24, 2.45) is 0 Å². The number of hydrogen-bond acceptors (Lipinski definition) is 5. The van der Waals surface area contributed by atoms with Gasteiger partial charge in [-0.3, -0.25) is 4.79 Å². The lowest BCUT2D eigenvalue weighted by molar-refractivity contribution is -0.0469. The van der Waals surface area contributed by atoms with Crippen molar-refractivity contribution in [3.63, 3.8) is 0 Å². The van der Waals surface area contributed by atoms with Gasteiger partial charge in [0.05, 0.1) is 12.7 Å². The molecule has 0 unspecified atom stereocenters. The number of aromatic amines is 1. The van der Waals surface area contributed by atoms with Crippen LogP contribution in [-0.2, 0) is 4.74 Å². The smallest absolute Gasteiger partial charge is 0.330 e. The van der Waals surface area contributed by atoms with Gasteiger partial charge in [0.1, 0.15) is 12.3 Å². The molecule has 88 valence electrons. The highest BCUT2D eigenvalue weighted by Crippen LogP contribution is 2.26. The van der Waals surface area contributed by atoms with Crippen molar-refractivity contribution in [2.45, 2.75) is 24.9 Å². The zero-order chi connectivity index (χ0) is 11.7. The molecule has 3 N–H and O–H groups in total. The number of nitrogens with one attached hydrogen (secondary N) is 1. The number of hydrogen-bond donors (Lipinski definition) is 3. The molecule has 0 radical (unpaired) electrons. The lowest BCUT2D eigenvalue weighted by Gasteiger charge is -2.12. The Kier molecular flexibility index (Phi) is 2.90. The van der Waals surface area contributed by atoms with Crippen LogP contribution in [0.3, 0.4) is 0 Å². The molecular formula is C9H12N2O5. The standard InChI is InChI=1S/C9H12N2O5/c12-4-6-5(13)3-8(16-6)11-7(14)1-2-10-9(11)15/h1-2,5-6,8,12-13H,3-4H2,(H,10,15)/t5-,6-,8+/m1/s1. The summed E-state index contributed by atoms with van der Waals surface area (Å²) in [7, 11) is 0. The van der Waals surface area contributed by atoms with Gasteiger partial charge in [-0.2, -0.15) is 0 Å². The number of rotatable bonds is 2. The van der Waals surface area contributed by atoms with E-state index in [0.29, 0.717) is 0 Å². The van der Waals surface area contributed by atoms with Crippen molar-refractivity contribution >= 4 is 0 Å². The van der Waals surface area contributed by atoms with Gasteiger partial charge < -0.3 is 19.9 Å². The molecule has 0 aromatic carbocycles. The monoisotopic (exact) mass is 228 g/mol. The fourth-order valence-electron chi connectivity index (χ4n) is 1.74. The molecule has 0 saturated carbocycles. The van der Waals surface area contributed by atoms with Crippen LogP contribution in [0.4, 0.5) is 0 Å². The van der Waals surface area contributed by atoms with Crippen LogP contribution in [0.25, 0.3) is 0 Å². The van der Waals surface area contributed by atoms with Crippen LogP contribution >= 0.6 is 0 Å².